The van der Waals surface area contributed by atoms with Crippen LogP contribution >= 0.6 is 0 Å². The number of hydrogen-bond acceptors (Lipinski definition) is 4. The van der Waals surface area contributed by atoms with Crippen molar-refractivity contribution in [2.45, 2.75) is 18.9 Å². The van der Waals surface area contributed by atoms with Gasteiger partial charge in [-0.2, -0.15) is 0 Å². The van der Waals surface area contributed by atoms with Gasteiger partial charge in [0.1, 0.15) is 0 Å². The zero-order valence-electron chi connectivity index (χ0n) is 8.96. The summed E-state index contributed by atoms with van der Waals surface area (Å²) in [5.41, 5.74) is 0.971. The average molecular weight is 223 g/mol. The van der Waals surface area contributed by atoms with Crippen LogP contribution in [0.3, 0.4) is 0 Å². The summed E-state index contributed by atoms with van der Waals surface area (Å²) in [6.45, 7) is 0. The molecule has 0 aliphatic carbocycles. The number of rotatable bonds is 5. The maximum absolute atomic E-state index is 11.1. The van der Waals surface area contributed by atoms with Gasteiger partial charge in [0.25, 0.3) is 0 Å². The number of carbonyl (C=O) groups excluding carboxylic acids is 1. The Morgan fingerprint density at radius 2 is 2.06 bits per heavy atom. The largest absolute Gasteiger partial charge is 0.464 e. The first kappa shape index (κ1) is 12.2. The lowest BCUT2D eigenvalue weighted by Crippen LogP contribution is -2.31. The fourth-order valence-corrected chi connectivity index (χ4v) is 1.39. The van der Waals surface area contributed by atoms with Gasteiger partial charge in [-0.05, 0) is 12.0 Å². The summed E-state index contributed by atoms with van der Waals surface area (Å²) in [7, 11) is 1.15. The van der Waals surface area contributed by atoms with Crippen LogP contribution in [0.2, 0.25) is 0 Å². The predicted octanol–water partition coefficient (Wildman–Crippen LogP) is 1.44. The summed E-state index contributed by atoms with van der Waals surface area (Å²) in [6.07, 6.45) is 0.644. The van der Waals surface area contributed by atoms with Crippen LogP contribution in [0.25, 0.3) is 0 Å². The maximum Gasteiger partial charge on any atom is 0.381 e. The quantitative estimate of drug-likeness (QED) is 0.430. The molecule has 86 valence electrons. The lowest BCUT2D eigenvalue weighted by atomic mass is 10.1. The van der Waals surface area contributed by atoms with Crippen LogP contribution in [0, 0.1) is 10.1 Å². The standard InChI is InChI=1S/C11H13NO4/c1-16-11(13)10(12(14)15)8-7-9-5-3-2-4-6-9/h2-6,10H,7-8H2,1H3. The van der Waals surface area contributed by atoms with Gasteiger partial charge in [-0.1, -0.05) is 30.3 Å². The summed E-state index contributed by atoms with van der Waals surface area (Å²) in [5, 5.41) is 10.6. The molecule has 0 spiro atoms. The molecule has 0 fully saturated rings. The van der Waals surface area contributed by atoms with E-state index in [1.807, 2.05) is 30.3 Å². The number of aryl methyl sites for hydroxylation is 1. The molecule has 0 saturated carbocycles. The van der Waals surface area contributed by atoms with Crippen molar-refractivity contribution in [3.05, 3.63) is 46.0 Å². The van der Waals surface area contributed by atoms with Crippen LogP contribution in [0.1, 0.15) is 12.0 Å². The molecule has 5 heteroatoms. The minimum Gasteiger partial charge on any atom is -0.464 e. The molecule has 1 aromatic rings. The minimum atomic E-state index is -1.27. The summed E-state index contributed by atoms with van der Waals surface area (Å²) in [6, 6.07) is 8.05. The van der Waals surface area contributed by atoms with Crippen LogP contribution in [0.5, 0.6) is 0 Å². The van der Waals surface area contributed by atoms with E-state index in [9.17, 15) is 14.9 Å². The number of benzene rings is 1. The maximum atomic E-state index is 11.1. The van der Waals surface area contributed by atoms with E-state index in [1.165, 1.54) is 0 Å². The Bertz CT molecular complexity index is 364. The predicted molar refractivity (Wildman–Crippen MR) is 57.6 cm³/mol. The number of carbonyl (C=O) groups is 1. The first-order valence-electron chi connectivity index (χ1n) is 4.90. The third kappa shape index (κ3) is 3.34. The highest BCUT2D eigenvalue weighted by atomic mass is 16.6. The Balaban J connectivity index is 2.57. The zero-order chi connectivity index (χ0) is 12.0. The van der Waals surface area contributed by atoms with Crippen LogP contribution in [0.4, 0.5) is 0 Å². The van der Waals surface area contributed by atoms with E-state index in [0.29, 0.717) is 6.42 Å². The number of hydrogen-bond donors (Lipinski definition) is 0. The van der Waals surface area contributed by atoms with E-state index < -0.39 is 16.9 Å². The van der Waals surface area contributed by atoms with Crippen LogP contribution in [0.15, 0.2) is 30.3 Å². The van der Waals surface area contributed by atoms with E-state index in [1.54, 1.807) is 0 Å². The van der Waals surface area contributed by atoms with Gasteiger partial charge in [0, 0.05) is 11.3 Å². The Morgan fingerprint density at radius 1 is 1.44 bits per heavy atom. The summed E-state index contributed by atoms with van der Waals surface area (Å²) < 4.78 is 4.38. The molecule has 1 aromatic carbocycles. The van der Waals surface area contributed by atoms with Gasteiger partial charge in [-0.25, -0.2) is 4.79 Å². The van der Waals surface area contributed by atoms with E-state index in [2.05, 4.69) is 4.74 Å². The molecule has 0 N–H and O–H groups in total. The number of nitrogens with zero attached hydrogens (tertiary/aromatic N) is 1. The molecule has 0 aliphatic rings. The third-order valence-electron chi connectivity index (χ3n) is 2.28. The van der Waals surface area contributed by atoms with E-state index in [-0.39, 0.29) is 6.42 Å². The molecular weight excluding hydrogens is 210 g/mol. The van der Waals surface area contributed by atoms with E-state index in [4.69, 9.17) is 0 Å². The molecule has 0 radical (unpaired) electrons. The molecule has 0 saturated heterocycles. The van der Waals surface area contributed by atoms with Gasteiger partial charge in [0.05, 0.1) is 7.11 Å². The Labute approximate surface area is 93.2 Å². The molecule has 0 amide bonds. The fraction of sp³-hybridized carbons (Fsp3) is 0.364. The topological polar surface area (TPSA) is 69.4 Å². The summed E-state index contributed by atoms with van der Waals surface area (Å²) in [4.78, 5) is 21.1. The number of methoxy groups -OCH3 is 1. The van der Waals surface area contributed by atoms with Crippen molar-refractivity contribution in [2.24, 2.45) is 0 Å². The zero-order valence-corrected chi connectivity index (χ0v) is 8.96. The van der Waals surface area contributed by atoms with Crippen molar-refractivity contribution in [1.82, 2.24) is 0 Å². The van der Waals surface area contributed by atoms with Gasteiger partial charge in [-0.3, -0.25) is 10.1 Å². The summed E-state index contributed by atoms with van der Waals surface area (Å²) >= 11 is 0. The highest BCUT2D eigenvalue weighted by Crippen LogP contribution is 2.08. The van der Waals surface area contributed by atoms with E-state index >= 15 is 0 Å². The normalized spacial score (nSPS) is 11.8. The van der Waals surface area contributed by atoms with Crippen LogP contribution in [-0.4, -0.2) is 24.0 Å². The van der Waals surface area contributed by atoms with E-state index in [0.717, 1.165) is 12.7 Å². The molecule has 0 bridgehead atoms. The van der Waals surface area contributed by atoms with Crippen molar-refractivity contribution in [2.75, 3.05) is 7.11 Å². The molecular formula is C11H13NO4. The lowest BCUT2D eigenvalue weighted by Gasteiger charge is -2.06. The SMILES string of the molecule is COC(=O)C(CCc1ccccc1)[N+](=O)[O-]. The highest BCUT2D eigenvalue weighted by Gasteiger charge is 2.29. The Morgan fingerprint density at radius 3 is 2.56 bits per heavy atom. The first-order chi connectivity index (χ1) is 7.65. The smallest absolute Gasteiger partial charge is 0.381 e. The Kier molecular flexibility index (Phi) is 4.44. The molecule has 5 nitrogen and oxygen atoms in total. The minimum absolute atomic E-state index is 0.156. The lowest BCUT2D eigenvalue weighted by molar-refractivity contribution is -0.511. The second kappa shape index (κ2) is 5.85. The molecule has 1 rings (SSSR count). The fourth-order valence-electron chi connectivity index (χ4n) is 1.39. The number of esters is 1. The van der Waals surface area contributed by atoms with Crippen molar-refractivity contribution >= 4 is 5.97 Å². The number of ether oxygens (including phenoxy) is 1. The van der Waals surface area contributed by atoms with Gasteiger partial charge >= 0.3 is 12.0 Å². The van der Waals surface area contributed by atoms with Crippen molar-refractivity contribution in [1.29, 1.82) is 0 Å². The molecule has 0 heterocycles. The molecule has 1 atom stereocenters. The second-order valence-corrected chi connectivity index (χ2v) is 3.35. The number of nitro groups is 1. The van der Waals surface area contributed by atoms with Crippen LogP contribution in [-0.2, 0) is 16.0 Å². The molecule has 0 aliphatic heterocycles. The van der Waals surface area contributed by atoms with Gasteiger partial charge in [0.2, 0.25) is 0 Å². The van der Waals surface area contributed by atoms with Crippen molar-refractivity contribution in [3.63, 3.8) is 0 Å². The van der Waals surface area contributed by atoms with Crippen molar-refractivity contribution < 1.29 is 14.5 Å². The molecule has 1 unspecified atom stereocenters. The van der Waals surface area contributed by atoms with Gasteiger partial charge < -0.3 is 4.74 Å². The van der Waals surface area contributed by atoms with Gasteiger partial charge in [-0.15, -0.1) is 0 Å². The first-order valence-corrected chi connectivity index (χ1v) is 4.90. The summed E-state index contributed by atoms with van der Waals surface area (Å²) in [5.74, 6) is -0.791. The molecule has 16 heavy (non-hydrogen) atoms. The van der Waals surface area contributed by atoms with Crippen molar-refractivity contribution in [3.8, 4) is 0 Å². The third-order valence-corrected chi connectivity index (χ3v) is 2.28. The second-order valence-electron chi connectivity index (χ2n) is 3.35. The average Bonchev–Trinajstić information content (AvgIpc) is 2.30. The highest BCUT2D eigenvalue weighted by molar-refractivity contribution is 5.74. The molecule has 0 aromatic heterocycles. The monoisotopic (exact) mass is 223 g/mol. The van der Waals surface area contributed by atoms with Gasteiger partial charge in [0.15, 0.2) is 0 Å². The van der Waals surface area contributed by atoms with Crippen LogP contribution < -0.4 is 0 Å². The Hall–Kier alpha value is -1.91.